The van der Waals surface area contributed by atoms with Gasteiger partial charge in [-0.2, -0.15) is 0 Å². The number of nitrogens with one attached hydrogen (secondary N) is 2. The van der Waals surface area contributed by atoms with Gasteiger partial charge in [0.1, 0.15) is 0 Å². The minimum absolute atomic E-state index is 0.0720. The zero-order valence-corrected chi connectivity index (χ0v) is 16.0. The first kappa shape index (κ1) is 20.2. The molecule has 1 saturated heterocycles. The molecule has 2 aromatic rings. The third kappa shape index (κ3) is 5.24. The van der Waals surface area contributed by atoms with E-state index in [1.54, 1.807) is 25.4 Å². The van der Waals surface area contributed by atoms with Gasteiger partial charge < -0.3 is 15.5 Å². The summed E-state index contributed by atoms with van der Waals surface area (Å²) in [6.45, 7) is 3.62. The molecule has 1 aliphatic heterocycles. The topological polar surface area (TPSA) is 130 Å². The Morgan fingerprint density at radius 3 is 2.52 bits per heavy atom. The van der Waals surface area contributed by atoms with Gasteiger partial charge in [-0.3, -0.25) is 19.7 Å². The van der Waals surface area contributed by atoms with E-state index in [9.17, 15) is 19.7 Å². The Kier molecular flexibility index (Phi) is 6.32. The van der Waals surface area contributed by atoms with Gasteiger partial charge >= 0.3 is 11.8 Å². The molecule has 1 aliphatic rings. The molecule has 0 aliphatic carbocycles. The summed E-state index contributed by atoms with van der Waals surface area (Å²) in [7, 11) is 0. The number of amides is 2. The predicted octanol–water partition coefficient (Wildman–Crippen LogP) is 1.66. The van der Waals surface area contributed by atoms with Crippen LogP contribution in [0.2, 0.25) is 0 Å². The number of nitro groups is 1. The number of carbonyl (C=O) groups is 2. The number of carbonyl (C=O) groups excluding carboxylic acids is 2. The van der Waals surface area contributed by atoms with Crippen molar-refractivity contribution in [3.63, 3.8) is 0 Å². The number of hydrogen-bond donors (Lipinski definition) is 2. The largest absolute Gasteiger partial charge is 0.348 e. The third-order valence-electron chi connectivity index (χ3n) is 4.88. The summed E-state index contributed by atoms with van der Waals surface area (Å²) in [5, 5.41) is 15.9. The van der Waals surface area contributed by atoms with Gasteiger partial charge in [-0.15, -0.1) is 0 Å². The van der Waals surface area contributed by atoms with Crippen molar-refractivity contribution in [2.24, 2.45) is 5.92 Å². The number of aromatic nitrogens is 2. The van der Waals surface area contributed by atoms with Crippen LogP contribution in [0.5, 0.6) is 0 Å². The summed E-state index contributed by atoms with van der Waals surface area (Å²) in [5.74, 6) is -0.547. The van der Waals surface area contributed by atoms with Crippen LogP contribution in [-0.4, -0.2) is 46.3 Å². The number of non-ortho nitro benzene ring substituents is 1. The van der Waals surface area contributed by atoms with Gasteiger partial charge in [0, 0.05) is 49.8 Å². The zero-order chi connectivity index (χ0) is 20.8. The molecule has 2 N–H and O–H groups in total. The Morgan fingerprint density at radius 1 is 1.21 bits per heavy atom. The van der Waals surface area contributed by atoms with E-state index in [0.717, 1.165) is 25.9 Å². The number of benzene rings is 1. The second-order valence-electron chi connectivity index (χ2n) is 6.90. The maximum atomic E-state index is 12.1. The van der Waals surface area contributed by atoms with Gasteiger partial charge in [0.15, 0.2) is 0 Å². The number of nitro benzene ring substituents is 1. The van der Waals surface area contributed by atoms with Gasteiger partial charge in [0.05, 0.1) is 4.92 Å². The molecular formula is C19H22N6O4. The van der Waals surface area contributed by atoms with Gasteiger partial charge in [-0.05, 0) is 43.4 Å². The molecule has 1 fully saturated rings. The van der Waals surface area contributed by atoms with E-state index in [1.807, 2.05) is 0 Å². The lowest BCUT2D eigenvalue weighted by Crippen LogP contribution is -2.42. The number of aryl methyl sites for hydroxylation is 1. The predicted molar refractivity (Wildman–Crippen MR) is 106 cm³/mol. The molecule has 29 heavy (non-hydrogen) atoms. The molecule has 1 aromatic carbocycles. The first-order valence-corrected chi connectivity index (χ1v) is 9.30. The number of hydrogen-bond acceptors (Lipinski definition) is 7. The van der Waals surface area contributed by atoms with Crippen molar-refractivity contribution >= 4 is 29.1 Å². The first-order valence-electron chi connectivity index (χ1n) is 9.30. The highest BCUT2D eigenvalue weighted by Crippen LogP contribution is 2.21. The lowest BCUT2D eigenvalue weighted by molar-refractivity contribution is -0.384. The van der Waals surface area contributed by atoms with Crippen molar-refractivity contribution in [2.75, 3.05) is 29.9 Å². The van der Waals surface area contributed by atoms with Crippen molar-refractivity contribution in [1.29, 1.82) is 0 Å². The van der Waals surface area contributed by atoms with E-state index >= 15 is 0 Å². The molecule has 0 unspecified atom stereocenters. The van der Waals surface area contributed by atoms with E-state index in [1.165, 1.54) is 18.2 Å². The van der Waals surface area contributed by atoms with Crippen LogP contribution in [0, 0.1) is 23.0 Å². The summed E-state index contributed by atoms with van der Waals surface area (Å²) in [4.78, 5) is 45.1. The number of anilines is 2. The minimum atomic E-state index is -0.794. The second kappa shape index (κ2) is 9.09. The van der Waals surface area contributed by atoms with Gasteiger partial charge in [0.2, 0.25) is 5.95 Å². The normalized spacial score (nSPS) is 14.3. The fraction of sp³-hybridized carbons (Fsp3) is 0.368. The van der Waals surface area contributed by atoms with Crippen molar-refractivity contribution in [1.82, 2.24) is 15.3 Å². The van der Waals surface area contributed by atoms with Crippen LogP contribution in [-0.2, 0) is 9.59 Å². The molecule has 2 amide bonds. The van der Waals surface area contributed by atoms with Crippen LogP contribution in [0.3, 0.4) is 0 Å². The maximum absolute atomic E-state index is 12.1. The van der Waals surface area contributed by atoms with E-state index in [-0.39, 0.29) is 11.6 Å². The molecule has 152 valence electrons. The van der Waals surface area contributed by atoms with Crippen LogP contribution in [0.15, 0.2) is 36.7 Å². The molecule has 2 heterocycles. The maximum Gasteiger partial charge on any atom is 0.313 e. The smallest absolute Gasteiger partial charge is 0.313 e. The summed E-state index contributed by atoms with van der Waals surface area (Å²) >= 11 is 0. The second-order valence-corrected chi connectivity index (χ2v) is 6.90. The standard InChI is InChI=1S/C19H22N6O4/c1-13-11-15(25(28)29)3-4-16(13)23-18(27)17(26)22-12-14-5-9-24(10-6-14)19-20-7-2-8-21-19/h2-4,7-8,11,14H,5-6,9-10,12H2,1H3,(H,22,26)(H,23,27). The van der Waals surface area contributed by atoms with E-state index in [2.05, 4.69) is 25.5 Å². The number of rotatable bonds is 5. The van der Waals surface area contributed by atoms with Gasteiger partial charge in [-0.25, -0.2) is 9.97 Å². The Morgan fingerprint density at radius 2 is 1.90 bits per heavy atom. The lowest BCUT2D eigenvalue weighted by atomic mass is 9.97. The average molecular weight is 398 g/mol. The van der Waals surface area contributed by atoms with E-state index < -0.39 is 16.7 Å². The highest BCUT2D eigenvalue weighted by molar-refractivity contribution is 6.39. The molecular weight excluding hydrogens is 376 g/mol. The Balaban J connectivity index is 1.45. The summed E-state index contributed by atoms with van der Waals surface area (Å²) < 4.78 is 0. The van der Waals surface area contributed by atoms with Crippen molar-refractivity contribution < 1.29 is 14.5 Å². The van der Waals surface area contributed by atoms with Crippen LogP contribution in [0.25, 0.3) is 0 Å². The summed E-state index contributed by atoms with van der Waals surface area (Å²) in [6, 6.07) is 5.82. The third-order valence-corrected chi connectivity index (χ3v) is 4.88. The van der Waals surface area contributed by atoms with Gasteiger partial charge in [0.25, 0.3) is 5.69 Å². The molecule has 0 radical (unpaired) electrons. The Hall–Kier alpha value is -3.56. The van der Waals surface area contributed by atoms with Crippen molar-refractivity contribution in [3.05, 3.63) is 52.3 Å². The molecule has 0 atom stereocenters. The van der Waals surface area contributed by atoms with Crippen LogP contribution in [0.4, 0.5) is 17.3 Å². The highest BCUT2D eigenvalue weighted by Gasteiger charge is 2.23. The van der Waals surface area contributed by atoms with Crippen LogP contribution >= 0.6 is 0 Å². The summed E-state index contributed by atoms with van der Waals surface area (Å²) in [6.07, 6.45) is 5.14. The number of piperidine rings is 1. The molecule has 0 bridgehead atoms. The summed E-state index contributed by atoms with van der Waals surface area (Å²) in [5.41, 5.74) is 0.806. The molecule has 10 heteroatoms. The van der Waals surface area contributed by atoms with Crippen LogP contribution in [0.1, 0.15) is 18.4 Å². The van der Waals surface area contributed by atoms with E-state index in [0.29, 0.717) is 23.7 Å². The monoisotopic (exact) mass is 398 g/mol. The molecule has 10 nitrogen and oxygen atoms in total. The van der Waals surface area contributed by atoms with Gasteiger partial charge in [-0.1, -0.05) is 0 Å². The SMILES string of the molecule is Cc1cc([N+](=O)[O-])ccc1NC(=O)C(=O)NCC1CCN(c2ncccn2)CC1. The minimum Gasteiger partial charge on any atom is -0.348 e. The number of nitrogens with zero attached hydrogens (tertiary/aromatic N) is 4. The Bertz CT molecular complexity index is 897. The zero-order valence-electron chi connectivity index (χ0n) is 16.0. The fourth-order valence-corrected chi connectivity index (χ4v) is 3.19. The Labute approximate surface area is 167 Å². The van der Waals surface area contributed by atoms with E-state index in [4.69, 9.17) is 0 Å². The fourth-order valence-electron chi connectivity index (χ4n) is 3.19. The molecule has 3 rings (SSSR count). The highest BCUT2D eigenvalue weighted by atomic mass is 16.6. The van der Waals surface area contributed by atoms with Crippen molar-refractivity contribution in [3.8, 4) is 0 Å². The first-order chi connectivity index (χ1) is 13.9. The molecule has 0 saturated carbocycles. The quantitative estimate of drug-likeness (QED) is 0.445. The molecule has 0 spiro atoms. The average Bonchev–Trinajstić information content (AvgIpc) is 2.74. The molecule has 1 aromatic heterocycles. The van der Waals surface area contributed by atoms with Crippen LogP contribution < -0.4 is 15.5 Å². The lowest BCUT2D eigenvalue weighted by Gasteiger charge is -2.31. The van der Waals surface area contributed by atoms with Crippen molar-refractivity contribution in [2.45, 2.75) is 19.8 Å².